The number of aryl methyl sites for hydroxylation is 1. The van der Waals surface area contributed by atoms with Crippen molar-refractivity contribution in [1.82, 2.24) is 5.32 Å². The first-order valence-corrected chi connectivity index (χ1v) is 8.17. The SMILES string of the molecule is Cc1ccccc1CNC(=O)c1cccc(NC(=O)OC(C)(C)C)c1. The van der Waals surface area contributed by atoms with E-state index < -0.39 is 11.7 Å². The average Bonchev–Trinajstić information content (AvgIpc) is 2.52. The van der Waals surface area contributed by atoms with Gasteiger partial charge in [-0.25, -0.2) is 4.79 Å². The number of benzene rings is 2. The number of rotatable bonds is 4. The quantitative estimate of drug-likeness (QED) is 0.873. The second-order valence-electron chi connectivity index (χ2n) is 6.82. The van der Waals surface area contributed by atoms with Crippen molar-refractivity contribution in [3.05, 3.63) is 65.2 Å². The number of nitrogens with one attached hydrogen (secondary N) is 2. The van der Waals surface area contributed by atoms with Gasteiger partial charge in [-0.3, -0.25) is 10.1 Å². The fourth-order valence-electron chi connectivity index (χ4n) is 2.25. The van der Waals surface area contributed by atoms with Crippen LogP contribution in [-0.4, -0.2) is 17.6 Å². The van der Waals surface area contributed by atoms with Crippen molar-refractivity contribution in [2.75, 3.05) is 5.32 Å². The van der Waals surface area contributed by atoms with Crippen molar-refractivity contribution in [2.45, 2.75) is 39.8 Å². The molecule has 0 atom stereocenters. The minimum Gasteiger partial charge on any atom is -0.444 e. The van der Waals surface area contributed by atoms with Gasteiger partial charge in [-0.1, -0.05) is 30.3 Å². The fourth-order valence-corrected chi connectivity index (χ4v) is 2.25. The van der Waals surface area contributed by atoms with Gasteiger partial charge in [0.2, 0.25) is 0 Å². The lowest BCUT2D eigenvalue weighted by atomic mass is 10.1. The van der Waals surface area contributed by atoms with Crippen LogP contribution in [0.1, 0.15) is 42.3 Å². The molecule has 2 aromatic rings. The molecule has 2 amide bonds. The summed E-state index contributed by atoms with van der Waals surface area (Å²) < 4.78 is 5.21. The smallest absolute Gasteiger partial charge is 0.412 e. The largest absolute Gasteiger partial charge is 0.444 e. The summed E-state index contributed by atoms with van der Waals surface area (Å²) in [5, 5.41) is 5.53. The molecule has 25 heavy (non-hydrogen) atoms. The van der Waals surface area contributed by atoms with Crippen molar-refractivity contribution < 1.29 is 14.3 Å². The molecule has 2 aromatic carbocycles. The van der Waals surface area contributed by atoms with E-state index in [1.54, 1.807) is 45.0 Å². The summed E-state index contributed by atoms with van der Waals surface area (Å²) >= 11 is 0. The molecule has 132 valence electrons. The molecule has 0 saturated carbocycles. The Labute approximate surface area is 148 Å². The van der Waals surface area contributed by atoms with Gasteiger partial charge in [-0.15, -0.1) is 0 Å². The van der Waals surface area contributed by atoms with Gasteiger partial charge in [0.05, 0.1) is 0 Å². The highest BCUT2D eigenvalue weighted by Gasteiger charge is 2.16. The fraction of sp³-hybridized carbons (Fsp3) is 0.300. The van der Waals surface area contributed by atoms with Gasteiger partial charge in [-0.2, -0.15) is 0 Å². The average molecular weight is 340 g/mol. The summed E-state index contributed by atoms with van der Waals surface area (Å²) in [6, 6.07) is 14.7. The molecule has 0 bridgehead atoms. The Morgan fingerprint density at radius 2 is 1.76 bits per heavy atom. The zero-order chi connectivity index (χ0) is 18.4. The molecule has 0 aliphatic rings. The number of carbonyl (C=O) groups is 2. The van der Waals surface area contributed by atoms with Crippen molar-refractivity contribution in [1.29, 1.82) is 0 Å². The minimum atomic E-state index is -0.577. The van der Waals surface area contributed by atoms with Gasteiger partial charge in [-0.05, 0) is 57.0 Å². The van der Waals surface area contributed by atoms with Crippen molar-refractivity contribution in [3.63, 3.8) is 0 Å². The zero-order valence-corrected chi connectivity index (χ0v) is 15.1. The molecular formula is C20H24N2O3. The van der Waals surface area contributed by atoms with Crippen LogP contribution in [0.15, 0.2) is 48.5 Å². The summed E-state index contributed by atoms with van der Waals surface area (Å²) in [5.74, 6) is -0.198. The van der Waals surface area contributed by atoms with Crippen LogP contribution in [-0.2, 0) is 11.3 Å². The number of amides is 2. The topological polar surface area (TPSA) is 67.4 Å². The van der Waals surface area contributed by atoms with Crippen LogP contribution in [0, 0.1) is 6.92 Å². The zero-order valence-electron chi connectivity index (χ0n) is 15.1. The van der Waals surface area contributed by atoms with Crippen LogP contribution in [0.4, 0.5) is 10.5 Å². The molecular weight excluding hydrogens is 316 g/mol. The first-order chi connectivity index (χ1) is 11.7. The summed E-state index contributed by atoms with van der Waals surface area (Å²) in [5.41, 5.74) is 2.61. The molecule has 5 heteroatoms. The van der Waals surface area contributed by atoms with Crippen LogP contribution in [0.5, 0.6) is 0 Å². The van der Waals surface area contributed by atoms with E-state index in [9.17, 15) is 9.59 Å². The normalized spacial score (nSPS) is 10.9. The van der Waals surface area contributed by atoms with Crippen molar-refractivity contribution in [2.24, 2.45) is 0 Å². The minimum absolute atomic E-state index is 0.198. The van der Waals surface area contributed by atoms with E-state index in [1.807, 2.05) is 31.2 Å². The Bertz CT molecular complexity index is 764. The Kier molecular flexibility index (Phi) is 5.80. The Morgan fingerprint density at radius 3 is 2.44 bits per heavy atom. The molecule has 2 N–H and O–H groups in total. The lowest BCUT2D eigenvalue weighted by molar-refractivity contribution is 0.0635. The molecule has 0 aliphatic carbocycles. The lowest BCUT2D eigenvalue weighted by Crippen LogP contribution is -2.27. The van der Waals surface area contributed by atoms with E-state index in [1.165, 1.54) is 0 Å². The molecule has 2 rings (SSSR count). The summed E-state index contributed by atoms with van der Waals surface area (Å²) in [6.45, 7) is 7.84. The maximum absolute atomic E-state index is 12.3. The molecule has 0 saturated heterocycles. The molecule has 0 aromatic heterocycles. The van der Waals surface area contributed by atoms with Crippen molar-refractivity contribution in [3.8, 4) is 0 Å². The molecule has 5 nitrogen and oxygen atoms in total. The third kappa shape index (κ3) is 5.95. The third-order valence-electron chi connectivity index (χ3n) is 3.47. The van der Waals surface area contributed by atoms with Crippen LogP contribution < -0.4 is 10.6 Å². The van der Waals surface area contributed by atoms with Crippen molar-refractivity contribution >= 4 is 17.7 Å². The first-order valence-electron chi connectivity index (χ1n) is 8.17. The monoisotopic (exact) mass is 340 g/mol. The predicted molar refractivity (Wildman–Crippen MR) is 98.6 cm³/mol. The molecule has 0 unspecified atom stereocenters. The Hall–Kier alpha value is -2.82. The van der Waals surface area contributed by atoms with E-state index in [-0.39, 0.29) is 5.91 Å². The second kappa shape index (κ2) is 7.83. The maximum atomic E-state index is 12.3. The summed E-state index contributed by atoms with van der Waals surface area (Å²) in [4.78, 5) is 24.2. The van der Waals surface area contributed by atoms with Crippen LogP contribution in [0.25, 0.3) is 0 Å². The van der Waals surface area contributed by atoms with E-state index in [0.29, 0.717) is 17.8 Å². The molecule has 0 radical (unpaired) electrons. The lowest BCUT2D eigenvalue weighted by Gasteiger charge is -2.19. The van der Waals surface area contributed by atoms with Crippen LogP contribution in [0.2, 0.25) is 0 Å². The van der Waals surface area contributed by atoms with Gasteiger partial charge in [0.15, 0.2) is 0 Å². The maximum Gasteiger partial charge on any atom is 0.412 e. The number of anilines is 1. The molecule has 0 aliphatic heterocycles. The van der Waals surface area contributed by atoms with E-state index in [0.717, 1.165) is 11.1 Å². The molecule has 0 fully saturated rings. The van der Waals surface area contributed by atoms with Gasteiger partial charge >= 0.3 is 6.09 Å². The number of hydrogen-bond donors (Lipinski definition) is 2. The highest BCUT2D eigenvalue weighted by Crippen LogP contribution is 2.14. The second-order valence-corrected chi connectivity index (χ2v) is 6.82. The highest BCUT2D eigenvalue weighted by molar-refractivity contribution is 5.96. The predicted octanol–water partition coefficient (Wildman–Crippen LogP) is 4.27. The van der Waals surface area contributed by atoms with Crippen LogP contribution in [0.3, 0.4) is 0 Å². The standard InChI is InChI=1S/C20H24N2O3/c1-14-8-5-6-9-16(14)13-21-18(23)15-10-7-11-17(12-15)22-19(24)25-20(2,3)4/h5-12H,13H2,1-4H3,(H,21,23)(H,22,24). The van der Waals surface area contributed by atoms with E-state index in [2.05, 4.69) is 10.6 Å². The number of hydrogen-bond acceptors (Lipinski definition) is 3. The van der Waals surface area contributed by atoms with E-state index in [4.69, 9.17) is 4.74 Å². The van der Waals surface area contributed by atoms with Gasteiger partial charge < -0.3 is 10.1 Å². The number of ether oxygens (including phenoxy) is 1. The highest BCUT2D eigenvalue weighted by atomic mass is 16.6. The number of carbonyl (C=O) groups excluding carboxylic acids is 2. The van der Waals surface area contributed by atoms with Gasteiger partial charge in [0.25, 0.3) is 5.91 Å². The Balaban J connectivity index is 1.99. The summed E-state index contributed by atoms with van der Waals surface area (Å²) in [6.07, 6.45) is -0.551. The molecule has 0 spiro atoms. The third-order valence-corrected chi connectivity index (χ3v) is 3.47. The molecule has 0 heterocycles. The Morgan fingerprint density at radius 1 is 1.04 bits per heavy atom. The van der Waals surface area contributed by atoms with Crippen LogP contribution >= 0.6 is 0 Å². The van der Waals surface area contributed by atoms with Gasteiger partial charge in [0, 0.05) is 17.8 Å². The summed E-state index contributed by atoms with van der Waals surface area (Å²) in [7, 11) is 0. The van der Waals surface area contributed by atoms with Gasteiger partial charge in [0.1, 0.15) is 5.60 Å². The first kappa shape index (κ1) is 18.5. The van der Waals surface area contributed by atoms with E-state index >= 15 is 0 Å².